The number of hydrogen-bond acceptors (Lipinski definition) is 8. The van der Waals surface area contributed by atoms with Crippen molar-refractivity contribution in [2.24, 2.45) is 0 Å². The molecule has 168 valence electrons. The lowest BCUT2D eigenvalue weighted by atomic mass is 10.2. The van der Waals surface area contributed by atoms with Gasteiger partial charge in [0.15, 0.2) is 17.3 Å². The van der Waals surface area contributed by atoms with E-state index in [9.17, 15) is 4.79 Å². The van der Waals surface area contributed by atoms with Crippen molar-refractivity contribution in [3.05, 3.63) is 18.0 Å². The maximum Gasteiger partial charge on any atom is 0.306 e. The zero-order valence-electron chi connectivity index (χ0n) is 18.9. The van der Waals surface area contributed by atoms with Crippen molar-refractivity contribution in [1.82, 2.24) is 19.6 Å². The first kappa shape index (κ1) is 22.6. The third-order valence-electron chi connectivity index (χ3n) is 4.93. The molecular formula is C22H31N5O4. The number of ether oxygens (including phenoxy) is 3. The van der Waals surface area contributed by atoms with Crippen molar-refractivity contribution in [2.75, 3.05) is 26.1 Å². The minimum absolute atomic E-state index is 0.0645. The van der Waals surface area contributed by atoms with Gasteiger partial charge in [-0.05, 0) is 26.7 Å². The number of aryl methyl sites for hydroxylation is 1. The summed E-state index contributed by atoms with van der Waals surface area (Å²) in [5.74, 6) is 2.63. The standard InChI is InChI=1S/C22H31N5O4/c1-6-19-25-26-22-21(23-11-9-7-8-10-20(28)31-14(2)3)24-15-12-17(29-4)18(30-5)13-16(15)27(19)22/h12-14H,6-11H2,1-5H3,(H,23,24). The number of rotatable bonds is 11. The Labute approximate surface area is 182 Å². The Morgan fingerprint density at radius 3 is 2.52 bits per heavy atom. The summed E-state index contributed by atoms with van der Waals surface area (Å²) in [7, 11) is 3.22. The highest BCUT2D eigenvalue weighted by Crippen LogP contribution is 2.33. The van der Waals surface area contributed by atoms with Gasteiger partial charge in [0.25, 0.3) is 0 Å². The van der Waals surface area contributed by atoms with Gasteiger partial charge in [0.2, 0.25) is 5.65 Å². The first-order chi connectivity index (χ1) is 15.0. The van der Waals surface area contributed by atoms with E-state index < -0.39 is 0 Å². The van der Waals surface area contributed by atoms with E-state index in [0.29, 0.717) is 29.4 Å². The molecule has 0 aliphatic rings. The summed E-state index contributed by atoms with van der Waals surface area (Å²) in [6.07, 6.45) is 3.74. The lowest BCUT2D eigenvalue weighted by Crippen LogP contribution is -2.11. The number of carbonyl (C=O) groups is 1. The Morgan fingerprint density at radius 2 is 1.84 bits per heavy atom. The van der Waals surface area contributed by atoms with Crippen molar-refractivity contribution in [2.45, 2.75) is 59.0 Å². The summed E-state index contributed by atoms with van der Waals surface area (Å²) in [5.41, 5.74) is 2.30. The number of anilines is 1. The van der Waals surface area contributed by atoms with Gasteiger partial charge in [-0.3, -0.25) is 9.20 Å². The Bertz CT molecular complexity index is 1050. The molecule has 9 heteroatoms. The van der Waals surface area contributed by atoms with E-state index in [4.69, 9.17) is 19.2 Å². The second-order valence-corrected chi connectivity index (χ2v) is 7.56. The van der Waals surface area contributed by atoms with E-state index in [-0.39, 0.29) is 12.1 Å². The van der Waals surface area contributed by atoms with Crippen LogP contribution in [0.5, 0.6) is 11.5 Å². The molecular weight excluding hydrogens is 398 g/mol. The van der Waals surface area contributed by atoms with Gasteiger partial charge >= 0.3 is 5.97 Å². The summed E-state index contributed by atoms with van der Waals surface area (Å²) >= 11 is 0. The molecule has 9 nitrogen and oxygen atoms in total. The molecule has 0 saturated heterocycles. The molecule has 0 atom stereocenters. The van der Waals surface area contributed by atoms with Gasteiger partial charge in [0.05, 0.1) is 31.4 Å². The molecule has 0 saturated carbocycles. The number of aromatic nitrogens is 4. The van der Waals surface area contributed by atoms with E-state index in [0.717, 1.165) is 49.1 Å². The number of unbranched alkanes of at least 4 members (excludes halogenated alkanes) is 2. The third-order valence-corrected chi connectivity index (χ3v) is 4.93. The van der Waals surface area contributed by atoms with E-state index in [2.05, 4.69) is 15.5 Å². The number of carbonyl (C=O) groups excluding carboxylic acids is 1. The SMILES string of the molecule is CCc1nnc2c(NCCCCCC(=O)OC(C)C)nc3cc(OC)c(OC)cc3n12. The van der Waals surface area contributed by atoms with Crippen LogP contribution < -0.4 is 14.8 Å². The Hall–Kier alpha value is -3.10. The summed E-state index contributed by atoms with van der Waals surface area (Å²) in [6, 6.07) is 3.76. The Kier molecular flexibility index (Phi) is 7.49. The highest BCUT2D eigenvalue weighted by molar-refractivity contribution is 5.85. The molecule has 0 bridgehead atoms. The van der Waals surface area contributed by atoms with Crippen LogP contribution in [0, 0.1) is 0 Å². The molecule has 3 rings (SSSR count). The van der Waals surface area contributed by atoms with E-state index in [1.54, 1.807) is 14.2 Å². The van der Waals surface area contributed by atoms with E-state index >= 15 is 0 Å². The Morgan fingerprint density at radius 1 is 1.10 bits per heavy atom. The van der Waals surface area contributed by atoms with Gasteiger partial charge in [0.1, 0.15) is 5.82 Å². The average Bonchev–Trinajstić information content (AvgIpc) is 3.19. The number of hydrogen-bond donors (Lipinski definition) is 1. The molecule has 0 aliphatic carbocycles. The van der Waals surface area contributed by atoms with Crippen molar-refractivity contribution in [3.63, 3.8) is 0 Å². The number of fused-ring (bicyclic) bond motifs is 3. The quantitative estimate of drug-likeness (QED) is 0.363. The molecule has 3 aromatic rings. The molecule has 0 radical (unpaired) electrons. The van der Waals surface area contributed by atoms with Crippen LogP contribution in [0.2, 0.25) is 0 Å². The lowest BCUT2D eigenvalue weighted by molar-refractivity contribution is -0.147. The third kappa shape index (κ3) is 5.15. The van der Waals surface area contributed by atoms with Crippen molar-refractivity contribution < 1.29 is 19.0 Å². The second kappa shape index (κ2) is 10.3. The van der Waals surface area contributed by atoms with Crippen LogP contribution in [0.1, 0.15) is 52.3 Å². The fourth-order valence-electron chi connectivity index (χ4n) is 3.47. The van der Waals surface area contributed by atoms with Crippen LogP contribution in [-0.4, -0.2) is 52.4 Å². The predicted molar refractivity (Wildman–Crippen MR) is 119 cm³/mol. The number of nitrogens with zero attached hydrogens (tertiary/aromatic N) is 4. The summed E-state index contributed by atoms with van der Waals surface area (Å²) in [4.78, 5) is 16.4. The number of benzene rings is 1. The fraction of sp³-hybridized carbons (Fsp3) is 0.545. The monoisotopic (exact) mass is 429 g/mol. The molecule has 0 aliphatic heterocycles. The summed E-state index contributed by atoms with van der Waals surface area (Å²) < 4.78 is 18.1. The topological polar surface area (TPSA) is 99.9 Å². The van der Waals surface area contributed by atoms with Gasteiger partial charge in [0, 0.05) is 31.5 Å². The van der Waals surface area contributed by atoms with Gasteiger partial charge < -0.3 is 19.5 Å². The van der Waals surface area contributed by atoms with Gasteiger partial charge in [-0.2, -0.15) is 0 Å². The first-order valence-electron chi connectivity index (χ1n) is 10.7. The van der Waals surface area contributed by atoms with Gasteiger partial charge in [-0.25, -0.2) is 4.98 Å². The van der Waals surface area contributed by atoms with Crippen LogP contribution in [0.15, 0.2) is 12.1 Å². The van der Waals surface area contributed by atoms with Gasteiger partial charge in [-0.15, -0.1) is 10.2 Å². The highest BCUT2D eigenvalue weighted by atomic mass is 16.5. The maximum atomic E-state index is 11.6. The first-order valence-corrected chi connectivity index (χ1v) is 10.7. The number of nitrogens with one attached hydrogen (secondary N) is 1. The van der Waals surface area contributed by atoms with Crippen LogP contribution in [0.4, 0.5) is 5.82 Å². The second-order valence-electron chi connectivity index (χ2n) is 7.56. The largest absolute Gasteiger partial charge is 0.493 e. The minimum atomic E-state index is -0.138. The van der Waals surface area contributed by atoms with Crippen molar-refractivity contribution >= 4 is 28.5 Å². The zero-order valence-corrected chi connectivity index (χ0v) is 18.9. The zero-order chi connectivity index (χ0) is 22.4. The fourth-order valence-corrected chi connectivity index (χ4v) is 3.47. The van der Waals surface area contributed by atoms with E-state index in [1.807, 2.05) is 37.3 Å². The average molecular weight is 430 g/mol. The summed E-state index contributed by atoms with van der Waals surface area (Å²) in [5, 5.41) is 12.1. The summed E-state index contributed by atoms with van der Waals surface area (Å²) in [6.45, 7) is 6.48. The van der Waals surface area contributed by atoms with Gasteiger partial charge in [-0.1, -0.05) is 13.3 Å². The molecule has 0 unspecified atom stereocenters. The smallest absolute Gasteiger partial charge is 0.306 e. The predicted octanol–water partition coefficient (Wildman–Crippen LogP) is 3.78. The van der Waals surface area contributed by atoms with Crippen LogP contribution >= 0.6 is 0 Å². The minimum Gasteiger partial charge on any atom is -0.493 e. The molecule has 2 heterocycles. The molecule has 1 N–H and O–H groups in total. The molecule has 2 aromatic heterocycles. The van der Waals surface area contributed by atoms with Crippen molar-refractivity contribution in [1.29, 1.82) is 0 Å². The van der Waals surface area contributed by atoms with E-state index in [1.165, 1.54) is 0 Å². The molecule has 31 heavy (non-hydrogen) atoms. The maximum absolute atomic E-state index is 11.6. The van der Waals surface area contributed by atoms with Crippen LogP contribution in [-0.2, 0) is 16.0 Å². The van der Waals surface area contributed by atoms with Crippen LogP contribution in [0.25, 0.3) is 16.7 Å². The highest BCUT2D eigenvalue weighted by Gasteiger charge is 2.17. The number of esters is 1. The normalized spacial score (nSPS) is 11.3. The van der Waals surface area contributed by atoms with Crippen molar-refractivity contribution in [3.8, 4) is 11.5 Å². The Balaban J connectivity index is 1.76. The lowest BCUT2D eigenvalue weighted by Gasteiger charge is -2.13. The molecule has 0 spiro atoms. The molecule has 0 fully saturated rings. The van der Waals surface area contributed by atoms with Crippen LogP contribution in [0.3, 0.4) is 0 Å². The number of methoxy groups -OCH3 is 2. The molecule has 0 amide bonds. The molecule has 1 aromatic carbocycles.